The molecule has 1 saturated heterocycles. The minimum atomic E-state index is 0.650. The highest BCUT2D eigenvalue weighted by atomic mass is 32.1. The van der Waals surface area contributed by atoms with E-state index in [1.54, 1.807) is 17.5 Å². The molecule has 5 heterocycles. The number of piperidine rings is 1. The maximum atomic E-state index is 5.03. The predicted octanol–water partition coefficient (Wildman–Crippen LogP) is 6.60. The van der Waals surface area contributed by atoms with E-state index in [0.29, 0.717) is 17.4 Å². The predicted molar refractivity (Wildman–Crippen MR) is 159 cm³/mol. The Bertz CT molecular complexity index is 1530. The van der Waals surface area contributed by atoms with Crippen LogP contribution in [0.3, 0.4) is 0 Å². The van der Waals surface area contributed by atoms with Crippen molar-refractivity contribution < 1.29 is 0 Å². The largest absolute Gasteiger partial charge is 0.340 e. The van der Waals surface area contributed by atoms with Crippen molar-refractivity contribution in [3.05, 3.63) is 94.8 Å². The van der Waals surface area contributed by atoms with Gasteiger partial charge in [-0.05, 0) is 92.9 Å². The van der Waals surface area contributed by atoms with Gasteiger partial charge in [0.2, 0.25) is 0 Å². The molecule has 4 aromatic heterocycles. The number of fused-ring (bicyclic) bond motifs is 1. The number of aromatic amines is 2. The van der Waals surface area contributed by atoms with Crippen molar-refractivity contribution in [2.24, 2.45) is 10.9 Å². The Labute approximate surface area is 227 Å². The first-order chi connectivity index (χ1) is 18.6. The van der Waals surface area contributed by atoms with E-state index >= 15 is 0 Å². The molecular formula is C30H33N7S. The van der Waals surface area contributed by atoms with Gasteiger partial charge in [-0.1, -0.05) is 31.4 Å². The van der Waals surface area contributed by atoms with Crippen LogP contribution in [0.1, 0.15) is 48.1 Å². The number of aromatic nitrogens is 5. The van der Waals surface area contributed by atoms with Gasteiger partial charge in [-0.15, -0.1) is 11.3 Å². The highest BCUT2D eigenvalue weighted by molar-refractivity contribution is 7.12. The van der Waals surface area contributed by atoms with E-state index in [-0.39, 0.29) is 0 Å². The van der Waals surface area contributed by atoms with Crippen molar-refractivity contribution in [2.45, 2.75) is 33.1 Å². The molecule has 0 radical (unpaired) electrons. The zero-order valence-corrected chi connectivity index (χ0v) is 22.7. The summed E-state index contributed by atoms with van der Waals surface area (Å²) < 4.78 is 0. The summed E-state index contributed by atoms with van der Waals surface area (Å²) in [4.78, 5) is 18.9. The van der Waals surface area contributed by atoms with E-state index < -0.39 is 0 Å². The van der Waals surface area contributed by atoms with Crippen LogP contribution in [0.4, 0.5) is 0 Å². The van der Waals surface area contributed by atoms with Crippen LogP contribution < -0.4 is 5.32 Å². The van der Waals surface area contributed by atoms with Gasteiger partial charge in [0.25, 0.3) is 0 Å². The van der Waals surface area contributed by atoms with Gasteiger partial charge in [-0.3, -0.25) is 10.1 Å². The number of imidazole rings is 1. The highest BCUT2D eigenvalue weighted by Crippen LogP contribution is 2.29. The molecule has 0 spiro atoms. The number of allylic oxidation sites excluding steroid dienone is 5. The number of aryl methyl sites for hydroxylation is 1. The van der Waals surface area contributed by atoms with Crippen LogP contribution in [0.25, 0.3) is 28.1 Å². The maximum Gasteiger partial charge on any atom is 0.161 e. The molecule has 3 N–H and O–H groups in total. The second-order valence-corrected chi connectivity index (χ2v) is 10.4. The Morgan fingerprint density at radius 1 is 1.18 bits per heavy atom. The highest BCUT2D eigenvalue weighted by Gasteiger charge is 2.20. The van der Waals surface area contributed by atoms with Gasteiger partial charge in [-0.2, -0.15) is 5.10 Å². The first kappa shape index (κ1) is 25.8. The number of hydrogen-bond donors (Lipinski definition) is 3. The Morgan fingerprint density at radius 3 is 2.74 bits per heavy atom. The Morgan fingerprint density at radius 2 is 2.03 bits per heavy atom. The first-order valence-corrected chi connectivity index (χ1v) is 13.8. The molecule has 38 heavy (non-hydrogen) atoms. The van der Waals surface area contributed by atoms with E-state index in [2.05, 4.69) is 50.8 Å². The molecule has 7 nitrogen and oxygen atoms in total. The van der Waals surface area contributed by atoms with Crippen molar-refractivity contribution >= 4 is 33.7 Å². The second kappa shape index (κ2) is 11.7. The van der Waals surface area contributed by atoms with Crippen molar-refractivity contribution in [1.82, 2.24) is 30.5 Å². The van der Waals surface area contributed by atoms with Crippen LogP contribution in [0.15, 0.2) is 77.8 Å². The molecular weight excluding hydrogens is 490 g/mol. The van der Waals surface area contributed by atoms with Crippen molar-refractivity contribution in [1.29, 1.82) is 0 Å². The molecule has 0 saturated carbocycles. The molecule has 0 bridgehead atoms. The molecule has 0 aromatic carbocycles. The number of nitrogens with zero attached hydrogens (tertiary/aromatic N) is 4. The fourth-order valence-corrected chi connectivity index (χ4v) is 5.62. The number of nitrogens with one attached hydrogen (secondary N) is 3. The zero-order chi connectivity index (χ0) is 26.5. The summed E-state index contributed by atoms with van der Waals surface area (Å²) >= 11 is 1.62. The lowest BCUT2D eigenvalue weighted by molar-refractivity contribution is 0.374. The monoisotopic (exact) mass is 523 g/mol. The number of hydrogen-bond acceptors (Lipinski definition) is 6. The minimum Gasteiger partial charge on any atom is -0.340 e. The molecule has 4 aromatic rings. The summed E-state index contributed by atoms with van der Waals surface area (Å²) in [5.41, 5.74) is 7.98. The maximum absolute atomic E-state index is 5.03. The second-order valence-electron chi connectivity index (χ2n) is 9.43. The molecule has 0 aliphatic carbocycles. The minimum absolute atomic E-state index is 0.650. The number of thiophene rings is 1. The summed E-state index contributed by atoms with van der Waals surface area (Å²) in [7, 11) is 0. The van der Waals surface area contributed by atoms with Gasteiger partial charge in [0.1, 0.15) is 16.9 Å². The van der Waals surface area contributed by atoms with E-state index in [0.717, 1.165) is 63.8 Å². The lowest BCUT2D eigenvalue weighted by Crippen LogP contribution is -2.27. The average Bonchev–Trinajstić information content (AvgIpc) is 3.70. The lowest BCUT2D eigenvalue weighted by atomic mass is 9.90. The number of pyridine rings is 1. The van der Waals surface area contributed by atoms with E-state index in [4.69, 9.17) is 9.97 Å². The van der Waals surface area contributed by atoms with Gasteiger partial charge in [-0.25, -0.2) is 9.97 Å². The number of H-pyrrole nitrogens is 2. The van der Waals surface area contributed by atoms with Crippen LogP contribution >= 0.6 is 11.3 Å². The van der Waals surface area contributed by atoms with Crippen LogP contribution in [-0.4, -0.2) is 44.0 Å². The summed E-state index contributed by atoms with van der Waals surface area (Å²) in [6.07, 6.45) is 11.3. The van der Waals surface area contributed by atoms with E-state index in [9.17, 15) is 0 Å². The summed E-state index contributed by atoms with van der Waals surface area (Å²) in [5.74, 6) is 1.34. The molecule has 0 amide bonds. The van der Waals surface area contributed by atoms with Crippen LogP contribution in [-0.2, 0) is 0 Å². The number of aliphatic imine (C=N–C) groups is 1. The molecule has 1 fully saturated rings. The van der Waals surface area contributed by atoms with E-state index in [1.165, 1.54) is 18.4 Å². The third-order valence-electron chi connectivity index (χ3n) is 6.91. The van der Waals surface area contributed by atoms with Crippen molar-refractivity contribution in [2.75, 3.05) is 13.1 Å². The topological polar surface area (TPSA) is 94.6 Å². The van der Waals surface area contributed by atoms with Crippen LogP contribution in [0.5, 0.6) is 0 Å². The van der Waals surface area contributed by atoms with Gasteiger partial charge in [0.05, 0.1) is 16.1 Å². The van der Waals surface area contributed by atoms with Crippen LogP contribution in [0, 0.1) is 12.8 Å². The molecule has 0 unspecified atom stereocenters. The molecule has 8 heteroatoms. The standard InChI is InChI=1S/C30H33N7S/c1-5-20(17-21-12-14-31-15-13-21)18-22(6-2)23-10-11-24-27(34-23)29(37-36-24)30-33-19(4)26(35-30)28(32-7-3)25-9-8-16-38-25/h5-11,16,18,21,31H,1,3,12-15,17H2,2,4H3,(H,33,35)(H,36,37)/b20-18+,22-6+,32-28?. The zero-order valence-electron chi connectivity index (χ0n) is 21.9. The molecule has 5 rings (SSSR count). The fourth-order valence-electron chi connectivity index (χ4n) is 4.90. The number of rotatable bonds is 9. The smallest absolute Gasteiger partial charge is 0.161 e. The van der Waals surface area contributed by atoms with Gasteiger partial charge >= 0.3 is 0 Å². The normalized spacial score (nSPS) is 15.8. The first-order valence-electron chi connectivity index (χ1n) is 13.0. The molecule has 0 atom stereocenters. The molecule has 1 aliphatic heterocycles. The Balaban J connectivity index is 1.49. The Kier molecular flexibility index (Phi) is 7.91. The summed E-state index contributed by atoms with van der Waals surface area (Å²) in [5, 5.41) is 13.2. The third kappa shape index (κ3) is 5.37. The molecule has 194 valence electrons. The van der Waals surface area contributed by atoms with E-state index in [1.807, 2.05) is 49.6 Å². The summed E-state index contributed by atoms with van der Waals surface area (Å²) in [6, 6.07) is 8.10. The van der Waals surface area contributed by atoms with Crippen molar-refractivity contribution in [3.63, 3.8) is 0 Å². The quantitative estimate of drug-likeness (QED) is 0.170. The van der Waals surface area contributed by atoms with Gasteiger partial charge in [0.15, 0.2) is 11.5 Å². The van der Waals surface area contributed by atoms with Gasteiger partial charge < -0.3 is 10.3 Å². The summed E-state index contributed by atoms with van der Waals surface area (Å²) in [6.45, 7) is 14.1. The lowest BCUT2D eigenvalue weighted by Gasteiger charge is -2.23. The fraction of sp³-hybridized carbons (Fsp3) is 0.267. The van der Waals surface area contributed by atoms with Crippen LogP contribution in [0.2, 0.25) is 0 Å². The average molecular weight is 524 g/mol. The van der Waals surface area contributed by atoms with Gasteiger partial charge in [0, 0.05) is 11.9 Å². The third-order valence-corrected chi connectivity index (χ3v) is 7.79. The van der Waals surface area contributed by atoms with Crippen molar-refractivity contribution in [3.8, 4) is 11.5 Å². The SMILES string of the molecule is C=CN=C(c1cccs1)c1nc(-c2n[nH]c3ccc(C(/C=C(\C=C)CC4CCNCC4)=C/C)nc23)[nH]c1C. The molecule has 1 aliphatic rings. The Hall–Kier alpha value is -3.88.